The summed E-state index contributed by atoms with van der Waals surface area (Å²) < 4.78 is 49.5. The van der Waals surface area contributed by atoms with Gasteiger partial charge >= 0.3 is 11.9 Å². The van der Waals surface area contributed by atoms with Crippen molar-refractivity contribution in [1.29, 1.82) is 0 Å². The molecule has 0 spiro atoms. The van der Waals surface area contributed by atoms with Crippen LogP contribution in [0.4, 0.5) is 18.9 Å². The number of alkyl halides is 3. The van der Waals surface area contributed by atoms with Crippen LogP contribution >= 0.6 is 0 Å². The van der Waals surface area contributed by atoms with E-state index in [9.17, 15) is 32.3 Å². The third-order valence-electron chi connectivity index (χ3n) is 11.8. The standard InChI is InChI=1S/C40H43F3N8O5/c1-48-36-28(4-3-5-31(36)51(39(48)55)32-11-13-35(52)46-38(32)54)24-14-16-49(17-15-24)21-23-6-9-27(10-7-23)50-22-26-18-30(33(56-2)19-29(26)47-50)45-37(53)25-8-12-34(44-20-25)40(41,42)43/h3-5,8,12,18-20,22-24,27,32H,6-7,9-11,13-17,21H2,1-2H3,(H,45,53)(H,46,52,54). The van der Waals surface area contributed by atoms with Gasteiger partial charge in [0.15, 0.2) is 0 Å². The summed E-state index contributed by atoms with van der Waals surface area (Å²) in [5, 5.41) is 10.8. The van der Waals surface area contributed by atoms with Crippen molar-refractivity contribution < 1.29 is 32.3 Å². The van der Waals surface area contributed by atoms with Crippen molar-refractivity contribution in [2.24, 2.45) is 13.0 Å². The maximum absolute atomic E-state index is 13.4. The average Bonchev–Trinajstić information content (AvgIpc) is 3.72. The highest BCUT2D eigenvalue weighted by molar-refractivity contribution is 6.06. The maximum atomic E-state index is 13.4. The van der Waals surface area contributed by atoms with Gasteiger partial charge in [0.1, 0.15) is 17.5 Å². The van der Waals surface area contributed by atoms with Crippen LogP contribution in [0, 0.1) is 5.92 Å². The van der Waals surface area contributed by atoms with E-state index in [1.54, 1.807) is 28.3 Å². The first-order valence-corrected chi connectivity index (χ1v) is 19.0. The van der Waals surface area contributed by atoms with Crippen LogP contribution in [-0.4, -0.2) is 73.3 Å². The van der Waals surface area contributed by atoms with Gasteiger partial charge in [-0.3, -0.25) is 38.5 Å². The van der Waals surface area contributed by atoms with E-state index in [0.29, 0.717) is 29.3 Å². The first-order chi connectivity index (χ1) is 26.9. The second-order valence-corrected chi connectivity index (χ2v) is 15.2. The summed E-state index contributed by atoms with van der Waals surface area (Å²) in [6.07, 6.45) is 4.84. The fourth-order valence-electron chi connectivity index (χ4n) is 8.83. The highest BCUT2D eigenvalue weighted by Gasteiger charge is 2.34. The Bertz CT molecular complexity index is 2370. The third kappa shape index (κ3) is 7.17. The Morgan fingerprint density at radius 3 is 2.45 bits per heavy atom. The number of benzene rings is 2. The largest absolute Gasteiger partial charge is 0.494 e. The molecule has 16 heteroatoms. The molecule has 2 N–H and O–H groups in total. The van der Waals surface area contributed by atoms with Gasteiger partial charge in [0.05, 0.1) is 41.0 Å². The minimum atomic E-state index is -4.60. The summed E-state index contributed by atoms with van der Waals surface area (Å²) in [5.74, 6) is -0.101. The molecule has 56 heavy (non-hydrogen) atoms. The Morgan fingerprint density at radius 2 is 1.77 bits per heavy atom. The predicted molar refractivity (Wildman–Crippen MR) is 201 cm³/mol. The Balaban J connectivity index is 0.871. The number of carbonyl (C=O) groups is 3. The number of fused-ring (bicyclic) bond motifs is 2. The molecule has 3 fully saturated rings. The van der Waals surface area contributed by atoms with Crippen LogP contribution in [0.2, 0.25) is 0 Å². The lowest BCUT2D eigenvalue weighted by molar-refractivity contribution is -0.141. The molecular weight excluding hydrogens is 729 g/mol. The van der Waals surface area contributed by atoms with Gasteiger partial charge in [-0.2, -0.15) is 18.3 Å². The molecule has 2 aliphatic heterocycles. The quantitative estimate of drug-likeness (QED) is 0.184. The van der Waals surface area contributed by atoms with Crippen LogP contribution in [0.5, 0.6) is 5.75 Å². The zero-order valence-electron chi connectivity index (χ0n) is 31.1. The number of carbonyl (C=O) groups excluding carboxylic acids is 3. The number of likely N-dealkylation sites (tertiary alicyclic amines) is 1. The molecule has 5 aromatic rings. The number of nitrogens with one attached hydrogen (secondary N) is 2. The molecule has 3 amide bonds. The molecule has 1 aliphatic carbocycles. The van der Waals surface area contributed by atoms with E-state index < -0.39 is 29.7 Å². The number of anilines is 1. The number of aromatic nitrogens is 5. The minimum absolute atomic E-state index is 0.0121. The molecule has 3 aliphatic rings. The summed E-state index contributed by atoms with van der Waals surface area (Å²) in [4.78, 5) is 56.7. The Kier molecular flexibility index (Phi) is 9.93. The highest BCUT2D eigenvalue weighted by Crippen LogP contribution is 2.38. The summed E-state index contributed by atoms with van der Waals surface area (Å²) in [6.45, 7) is 2.95. The number of aryl methyl sites for hydroxylation is 1. The number of piperidine rings is 2. The minimum Gasteiger partial charge on any atom is -0.494 e. The van der Waals surface area contributed by atoms with E-state index in [0.717, 1.165) is 98.5 Å². The number of methoxy groups -OCH3 is 1. The van der Waals surface area contributed by atoms with Gasteiger partial charge in [0.2, 0.25) is 11.8 Å². The van der Waals surface area contributed by atoms with Crippen LogP contribution in [0.25, 0.3) is 21.9 Å². The van der Waals surface area contributed by atoms with E-state index in [1.807, 2.05) is 23.0 Å². The van der Waals surface area contributed by atoms with Crippen molar-refractivity contribution in [3.63, 3.8) is 0 Å². The van der Waals surface area contributed by atoms with Crippen molar-refractivity contribution in [2.45, 2.75) is 75.5 Å². The number of imide groups is 1. The van der Waals surface area contributed by atoms with Gasteiger partial charge in [-0.25, -0.2) is 4.79 Å². The molecule has 13 nitrogen and oxygen atoms in total. The van der Waals surface area contributed by atoms with Gasteiger partial charge in [0.25, 0.3) is 5.91 Å². The van der Waals surface area contributed by atoms with Crippen molar-refractivity contribution in [2.75, 3.05) is 32.1 Å². The molecule has 8 rings (SSSR count). The van der Waals surface area contributed by atoms with E-state index >= 15 is 0 Å². The summed E-state index contributed by atoms with van der Waals surface area (Å²) in [7, 11) is 3.24. The molecule has 0 bridgehead atoms. The summed E-state index contributed by atoms with van der Waals surface area (Å²) >= 11 is 0. The summed E-state index contributed by atoms with van der Waals surface area (Å²) in [5.41, 5.74) is 2.48. The zero-order chi connectivity index (χ0) is 39.3. The number of hydrogen-bond donors (Lipinski definition) is 2. The smallest absolute Gasteiger partial charge is 0.433 e. The van der Waals surface area contributed by atoms with Gasteiger partial charge < -0.3 is 15.0 Å². The zero-order valence-corrected chi connectivity index (χ0v) is 31.1. The molecule has 2 saturated heterocycles. The van der Waals surface area contributed by atoms with Gasteiger partial charge in [-0.05, 0) is 99.7 Å². The van der Waals surface area contributed by atoms with Crippen LogP contribution < -0.4 is 21.1 Å². The molecule has 1 atom stereocenters. The van der Waals surface area contributed by atoms with E-state index in [-0.39, 0.29) is 35.5 Å². The number of rotatable bonds is 8. The lowest BCUT2D eigenvalue weighted by Crippen LogP contribution is -2.44. The number of nitrogens with zero attached hydrogens (tertiary/aromatic N) is 6. The lowest BCUT2D eigenvalue weighted by atomic mass is 9.84. The van der Waals surface area contributed by atoms with E-state index in [2.05, 4.69) is 26.6 Å². The second-order valence-electron chi connectivity index (χ2n) is 15.2. The molecule has 1 saturated carbocycles. The number of halogens is 3. The van der Waals surface area contributed by atoms with Crippen LogP contribution in [0.3, 0.4) is 0 Å². The number of hydrogen-bond acceptors (Lipinski definition) is 8. The van der Waals surface area contributed by atoms with Crippen molar-refractivity contribution in [3.8, 4) is 5.75 Å². The van der Waals surface area contributed by atoms with Crippen LogP contribution in [0.15, 0.2) is 59.7 Å². The fraction of sp³-hybridized carbons (Fsp3) is 0.450. The van der Waals surface area contributed by atoms with Crippen molar-refractivity contribution in [1.82, 2.24) is 34.1 Å². The van der Waals surface area contributed by atoms with Gasteiger partial charge in [0, 0.05) is 43.9 Å². The number of amides is 3. The molecule has 294 valence electrons. The topological polar surface area (TPSA) is 145 Å². The van der Waals surface area contributed by atoms with Gasteiger partial charge in [-0.15, -0.1) is 0 Å². The molecule has 2 aromatic carbocycles. The molecular formula is C40H43F3N8O5. The van der Waals surface area contributed by atoms with Crippen molar-refractivity contribution in [3.05, 3.63) is 82.2 Å². The van der Waals surface area contributed by atoms with E-state index in [1.165, 1.54) is 7.11 Å². The Morgan fingerprint density at radius 1 is 1.00 bits per heavy atom. The van der Waals surface area contributed by atoms with Crippen LogP contribution in [-0.2, 0) is 22.8 Å². The number of ether oxygens (including phenoxy) is 1. The number of imidazole rings is 1. The second kappa shape index (κ2) is 14.9. The van der Waals surface area contributed by atoms with Crippen molar-refractivity contribution >= 4 is 45.3 Å². The average molecular weight is 773 g/mol. The Hall–Kier alpha value is -5.51. The highest BCUT2D eigenvalue weighted by atomic mass is 19.4. The Labute approximate surface area is 319 Å². The van der Waals surface area contributed by atoms with Gasteiger partial charge in [-0.1, -0.05) is 12.1 Å². The predicted octanol–water partition coefficient (Wildman–Crippen LogP) is 5.95. The molecule has 1 unspecified atom stereocenters. The molecule has 0 radical (unpaired) electrons. The monoisotopic (exact) mass is 772 g/mol. The maximum Gasteiger partial charge on any atom is 0.433 e. The normalized spacial score (nSPS) is 21.4. The SMILES string of the molecule is COc1cc2nn(C3CCC(CN4CCC(c5cccc6c5n(C)c(=O)n6C5CCC(=O)NC5=O)CC4)CC3)cc2cc1NC(=O)c1ccc(C(F)(F)F)nc1. The molecule has 5 heterocycles. The number of para-hydroxylation sites is 1. The first kappa shape index (κ1) is 37.4. The lowest BCUT2D eigenvalue weighted by Gasteiger charge is -2.37. The molecule has 3 aromatic heterocycles. The van der Waals surface area contributed by atoms with E-state index in [4.69, 9.17) is 9.84 Å². The fourth-order valence-corrected chi connectivity index (χ4v) is 8.83. The first-order valence-electron chi connectivity index (χ1n) is 19.0. The third-order valence-corrected chi connectivity index (χ3v) is 11.8. The van der Waals surface area contributed by atoms with Crippen LogP contribution in [0.1, 0.15) is 91.0 Å². The summed E-state index contributed by atoms with van der Waals surface area (Å²) in [6, 6.07) is 10.9. The number of pyridine rings is 1.